The maximum absolute atomic E-state index is 14.4. The Morgan fingerprint density at radius 1 is 0.577 bits per heavy atom. The Morgan fingerprint density at radius 2 is 0.981 bits per heavy atom. The summed E-state index contributed by atoms with van der Waals surface area (Å²) in [6.07, 6.45) is -0.337. The van der Waals surface area contributed by atoms with Crippen molar-refractivity contribution in [3.63, 3.8) is 0 Å². The molecule has 1 unspecified atom stereocenters. The molecule has 0 bridgehead atoms. The van der Waals surface area contributed by atoms with Crippen LogP contribution in [0.4, 0.5) is 0 Å². The Hall–Kier alpha value is -5.05. The molecular weight excluding hydrogens is 673 g/mol. The number of hydrogen-bond acceptors (Lipinski definition) is 8. The highest BCUT2D eigenvalue weighted by molar-refractivity contribution is 7.37. The van der Waals surface area contributed by atoms with E-state index in [4.69, 9.17) is 23.7 Å². The summed E-state index contributed by atoms with van der Waals surface area (Å²) >= 11 is 0. The highest BCUT2D eigenvalue weighted by atomic mass is 31.1. The van der Waals surface area contributed by atoms with Crippen molar-refractivity contribution >= 4 is 8.03 Å². The third-order valence-corrected chi connectivity index (χ3v) is 10.3. The lowest BCUT2D eigenvalue weighted by molar-refractivity contribution is -0.373. The normalized spacial score (nSPS) is 21.3. The standard InChI is InChI=1S/C43H36NO7P/c1-40(2)48-38-39(49-40)42(33-23-11-5-12-24-33,34-25-13-6-14-26-34)51-43(52(45)46,47-37-29-16-15-27-35(37)36-28-17-18-30-44-36)50-41(38,31-19-7-3-8-20-31)32-21-9-4-10-22-32/h3-30,38-39H,1-2H3/t38-,39-/m1/s1. The first-order valence-electron chi connectivity index (χ1n) is 17.1. The average molecular weight is 710 g/mol. The average Bonchev–Trinajstić information content (AvgIpc) is 3.48. The Labute approximate surface area is 303 Å². The highest BCUT2D eigenvalue weighted by Crippen LogP contribution is 2.61. The van der Waals surface area contributed by atoms with Crippen LogP contribution in [0.5, 0.6) is 5.75 Å². The van der Waals surface area contributed by atoms with E-state index in [0.29, 0.717) is 33.5 Å². The van der Waals surface area contributed by atoms with Crippen LogP contribution in [0.1, 0.15) is 36.1 Å². The summed E-state index contributed by atoms with van der Waals surface area (Å²) in [5.74, 6) is -0.975. The first-order valence-corrected chi connectivity index (χ1v) is 18.3. The molecule has 8 nitrogen and oxygen atoms in total. The van der Waals surface area contributed by atoms with Crippen molar-refractivity contribution in [3.05, 3.63) is 192 Å². The zero-order chi connectivity index (χ0) is 35.8. The number of aromatic nitrogens is 1. The molecule has 260 valence electrons. The second-order valence-corrected chi connectivity index (χ2v) is 14.3. The van der Waals surface area contributed by atoms with Crippen LogP contribution in [0.15, 0.2) is 170 Å². The van der Waals surface area contributed by atoms with Gasteiger partial charge >= 0.3 is 13.7 Å². The van der Waals surface area contributed by atoms with E-state index in [9.17, 15) is 9.46 Å². The summed E-state index contributed by atoms with van der Waals surface area (Å²) in [5, 5.41) is 0. The van der Waals surface area contributed by atoms with E-state index in [1.165, 1.54) is 0 Å². The Bertz CT molecular complexity index is 1970. The molecule has 2 aliphatic rings. The van der Waals surface area contributed by atoms with Gasteiger partial charge in [0.15, 0.2) is 17.0 Å². The smallest absolute Gasteiger partial charge is 0.542 e. The lowest BCUT2D eigenvalue weighted by atomic mass is 9.72. The van der Waals surface area contributed by atoms with Crippen molar-refractivity contribution in [2.24, 2.45) is 0 Å². The Balaban J connectivity index is 1.50. The van der Waals surface area contributed by atoms with Crippen LogP contribution in [-0.2, 0) is 34.7 Å². The van der Waals surface area contributed by atoms with Crippen LogP contribution < -0.4 is 9.63 Å². The van der Waals surface area contributed by atoms with Gasteiger partial charge in [-0.1, -0.05) is 144 Å². The summed E-state index contributed by atoms with van der Waals surface area (Å²) < 4.78 is 49.7. The third-order valence-electron chi connectivity index (χ3n) is 9.58. The molecule has 0 N–H and O–H groups in total. The SMILES string of the molecule is CC1(C)O[C@@H]2[C@@H](O1)C(c1ccccc1)(c1ccccc1)OC(Oc1ccccc1-c1ccccn1)([P+](=O)[O-])OC2(c1ccccc1)c1ccccc1. The van der Waals surface area contributed by atoms with E-state index in [1.54, 1.807) is 18.3 Å². The zero-order valence-corrected chi connectivity index (χ0v) is 29.5. The maximum atomic E-state index is 14.4. The molecule has 1 aromatic heterocycles. The molecule has 8 rings (SSSR count). The summed E-state index contributed by atoms with van der Waals surface area (Å²) in [4.78, 5) is 18.9. The minimum atomic E-state index is -3.74. The number of ether oxygens (including phenoxy) is 5. The Morgan fingerprint density at radius 3 is 1.38 bits per heavy atom. The monoisotopic (exact) mass is 709 g/mol. The lowest BCUT2D eigenvalue weighted by Crippen LogP contribution is -2.53. The molecule has 0 aliphatic carbocycles. The van der Waals surface area contributed by atoms with Crippen molar-refractivity contribution in [1.29, 1.82) is 0 Å². The van der Waals surface area contributed by atoms with Crippen molar-refractivity contribution in [1.82, 2.24) is 4.98 Å². The third kappa shape index (κ3) is 5.74. The molecule has 0 spiro atoms. The van der Waals surface area contributed by atoms with Gasteiger partial charge in [0, 0.05) is 11.8 Å². The van der Waals surface area contributed by atoms with Gasteiger partial charge in [-0.15, -0.1) is 0 Å². The van der Waals surface area contributed by atoms with E-state index in [0.717, 1.165) is 0 Å². The van der Waals surface area contributed by atoms with Crippen LogP contribution in [0.25, 0.3) is 11.3 Å². The molecule has 0 amide bonds. The summed E-state index contributed by atoms with van der Waals surface area (Å²) in [6, 6.07) is 50.3. The van der Waals surface area contributed by atoms with E-state index in [1.807, 2.05) is 166 Å². The molecule has 2 aliphatic heterocycles. The molecule has 2 fully saturated rings. The van der Waals surface area contributed by atoms with Gasteiger partial charge in [-0.05, 0) is 60.4 Å². The topological polar surface area (TPSA) is 99.2 Å². The van der Waals surface area contributed by atoms with Gasteiger partial charge in [0.05, 0.1) is 5.69 Å². The molecule has 9 heteroatoms. The van der Waals surface area contributed by atoms with E-state index >= 15 is 0 Å². The van der Waals surface area contributed by atoms with Gasteiger partial charge in [0.1, 0.15) is 18.0 Å². The fourth-order valence-corrected chi connectivity index (χ4v) is 8.06. The highest BCUT2D eigenvalue weighted by Gasteiger charge is 2.74. The second kappa shape index (κ2) is 13.5. The van der Waals surface area contributed by atoms with Crippen molar-refractivity contribution in [2.45, 2.75) is 48.8 Å². The van der Waals surface area contributed by atoms with E-state index in [-0.39, 0.29) is 5.75 Å². The number of benzene rings is 5. The van der Waals surface area contributed by atoms with Crippen molar-refractivity contribution < 1.29 is 33.1 Å². The van der Waals surface area contributed by atoms with Crippen molar-refractivity contribution in [2.75, 3.05) is 0 Å². The van der Waals surface area contributed by atoms with Crippen LogP contribution in [0.2, 0.25) is 0 Å². The number of rotatable bonds is 8. The van der Waals surface area contributed by atoms with Crippen LogP contribution in [-0.4, -0.2) is 28.7 Å². The van der Waals surface area contributed by atoms with Crippen LogP contribution >= 0.6 is 8.03 Å². The summed E-state index contributed by atoms with van der Waals surface area (Å²) in [6.45, 7) is 3.67. The van der Waals surface area contributed by atoms with Crippen molar-refractivity contribution in [3.8, 4) is 17.0 Å². The maximum Gasteiger partial charge on any atom is 0.542 e. The summed E-state index contributed by atoms with van der Waals surface area (Å²) in [7, 11) is -3.74. The first kappa shape index (κ1) is 34.1. The zero-order valence-electron chi connectivity index (χ0n) is 28.6. The van der Waals surface area contributed by atoms with Crippen LogP contribution in [0.3, 0.4) is 0 Å². The molecule has 3 heterocycles. The van der Waals surface area contributed by atoms with E-state index in [2.05, 4.69) is 4.98 Å². The molecule has 3 atom stereocenters. The molecule has 0 radical (unpaired) electrons. The minimum Gasteiger partial charge on any atom is -0.588 e. The van der Waals surface area contributed by atoms with Gasteiger partial charge in [0.2, 0.25) is 0 Å². The lowest BCUT2D eigenvalue weighted by Gasteiger charge is -2.41. The van der Waals surface area contributed by atoms with Gasteiger partial charge < -0.3 is 19.1 Å². The number of fused-ring (bicyclic) bond motifs is 1. The van der Waals surface area contributed by atoms with Gasteiger partial charge in [-0.25, -0.2) is 0 Å². The predicted molar refractivity (Wildman–Crippen MR) is 194 cm³/mol. The summed E-state index contributed by atoms with van der Waals surface area (Å²) in [5.41, 5.74) is -2.59. The number of para-hydroxylation sites is 1. The number of nitrogens with zero attached hydrogens (tertiary/aromatic N) is 1. The van der Waals surface area contributed by atoms with E-state index < -0.39 is 42.9 Å². The number of pyridine rings is 1. The molecule has 5 aromatic carbocycles. The molecule has 2 saturated heterocycles. The molecule has 6 aromatic rings. The number of hydrogen-bond donors (Lipinski definition) is 0. The quantitative estimate of drug-likeness (QED) is 0.146. The van der Waals surface area contributed by atoms with Gasteiger partial charge in [0.25, 0.3) is 0 Å². The van der Waals surface area contributed by atoms with Gasteiger partial charge in [-0.3, -0.25) is 14.5 Å². The first-order chi connectivity index (χ1) is 25.3. The molecule has 52 heavy (non-hydrogen) atoms. The predicted octanol–water partition coefficient (Wildman–Crippen LogP) is 8.30. The minimum absolute atomic E-state index is 0.180. The second-order valence-electron chi connectivity index (χ2n) is 13.2. The molecular formula is C43H36NO7P. The largest absolute Gasteiger partial charge is 0.588 e. The Kier molecular flexibility index (Phi) is 8.84. The fourth-order valence-electron chi connectivity index (χ4n) is 7.45. The molecule has 0 saturated carbocycles. The fraction of sp³-hybridized carbons (Fsp3) is 0.186. The van der Waals surface area contributed by atoms with Crippen LogP contribution in [0, 0.1) is 0 Å². The van der Waals surface area contributed by atoms with Gasteiger partial charge in [-0.2, -0.15) is 0 Å².